The molecule has 1 aromatic rings. The number of carbonyl (C=O) groups is 2. The van der Waals surface area contributed by atoms with Crippen molar-refractivity contribution in [2.45, 2.75) is 57.9 Å². The van der Waals surface area contributed by atoms with Crippen molar-refractivity contribution < 1.29 is 9.59 Å². The van der Waals surface area contributed by atoms with Gasteiger partial charge < -0.3 is 10.6 Å². The van der Waals surface area contributed by atoms with E-state index in [9.17, 15) is 9.59 Å². The number of benzene rings is 1. The van der Waals surface area contributed by atoms with Gasteiger partial charge in [-0.25, -0.2) is 0 Å². The third-order valence-electron chi connectivity index (χ3n) is 5.21. The molecule has 4 heteroatoms. The Bertz CT molecular complexity index is 576. The summed E-state index contributed by atoms with van der Waals surface area (Å²) in [7, 11) is 0. The van der Waals surface area contributed by atoms with Crippen molar-refractivity contribution in [3.05, 3.63) is 29.8 Å². The predicted octanol–water partition coefficient (Wildman–Crippen LogP) is 3.27. The number of carbonyl (C=O) groups excluding carboxylic acids is 2. The van der Waals surface area contributed by atoms with E-state index in [0.29, 0.717) is 18.9 Å². The third-order valence-corrected chi connectivity index (χ3v) is 5.21. The Morgan fingerprint density at radius 3 is 2.74 bits per heavy atom. The summed E-state index contributed by atoms with van der Waals surface area (Å²) in [5, 5.41) is 6.09. The van der Waals surface area contributed by atoms with Gasteiger partial charge in [0.15, 0.2) is 0 Å². The molecule has 1 aromatic carbocycles. The number of fused-ring (bicyclic) bond motifs is 1. The van der Waals surface area contributed by atoms with E-state index in [4.69, 9.17) is 0 Å². The molecule has 3 rings (SSSR count). The molecule has 1 unspecified atom stereocenters. The van der Waals surface area contributed by atoms with Crippen LogP contribution in [0.3, 0.4) is 0 Å². The van der Waals surface area contributed by atoms with E-state index in [1.54, 1.807) is 0 Å². The second-order valence-electron chi connectivity index (χ2n) is 7.11. The lowest BCUT2D eigenvalue weighted by molar-refractivity contribution is -0.123. The lowest BCUT2D eigenvalue weighted by atomic mass is 9.87. The molecule has 1 fully saturated rings. The average molecular weight is 314 g/mol. The smallest absolute Gasteiger partial charge is 0.227 e. The van der Waals surface area contributed by atoms with Crippen molar-refractivity contribution in [1.82, 2.24) is 5.32 Å². The number of hydrogen-bond donors (Lipinski definition) is 2. The fourth-order valence-corrected chi connectivity index (χ4v) is 3.66. The maximum absolute atomic E-state index is 12.2. The molecule has 0 saturated heterocycles. The van der Waals surface area contributed by atoms with Crippen LogP contribution in [0.15, 0.2) is 24.3 Å². The van der Waals surface area contributed by atoms with Crippen molar-refractivity contribution in [1.29, 1.82) is 0 Å². The summed E-state index contributed by atoms with van der Waals surface area (Å²) < 4.78 is 0. The summed E-state index contributed by atoms with van der Waals surface area (Å²) in [6.45, 7) is 2.28. The zero-order valence-electron chi connectivity index (χ0n) is 13.8. The zero-order chi connectivity index (χ0) is 16.2. The molecule has 124 valence electrons. The van der Waals surface area contributed by atoms with Gasteiger partial charge in [-0.15, -0.1) is 0 Å². The molecular weight excluding hydrogens is 288 g/mol. The van der Waals surface area contributed by atoms with E-state index >= 15 is 0 Å². The first-order valence-electron chi connectivity index (χ1n) is 8.80. The second kappa shape index (κ2) is 7.16. The minimum Gasteiger partial charge on any atom is -0.353 e. The van der Waals surface area contributed by atoms with E-state index in [1.807, 2.05) is 24.3 Å². The predicted molar refractivity (Wildman–Crippen MR) is 91.1 cm³/mol. The first-order chi connectivity index (χ1) is 11.1. The van der Waals surface area contributed by atoms with Gasteiger partial charge in [-0.2, -0.15) is 0 Å². The molecule has 0 radical (unpaired) electrons. The normalized spacial score (nSPS) is 27.0. The Labute approximate surface area is 138 Å². The molecule has 0 bridgehead atoms. The molecule has 1 atom stereocenters. The number of nitrogens with one attached hydrogen (secondary N) is 2. The SMILES string of the molecule is CC1CCC(NC(=O)CCC2Cc3ccccc3NC2=O)CC1. The van der Waals surface area contributed by atoms with Crippen LogP contribution in [0.1, 0.15) is 51.0 Å². The van der Waals surface area contributed by atoms with Crippen LogP contribution in [0, 0.1) is 11.8 Å². The molecule has 1 saturated carbocycles. The number of hydrogen-bond acceptors (Lipinski definition) is 2. The fraction of sp³-hybridized carbons (Fsp3) is 0.579. The van der Waals surface area contributed by atoms with Gasteiger partial charge in [-0.3, -0.25) is 9.59 Å². The minimum atomic E-state index is -0.0953. The van der Waals surface area contributed by atoms with Crippen LogP contribution >= 0.6 is 0 Å². The van der Waals surface area contributed by atoms with Crippen molar-refractivity contribution in [2.24, 2.45) is 11.8 Å². The molecule has 2 amide bonds. The van der Waals surface area contributed by atoms with Crippen LogP contribution in [0.25, 0.3) is 0 Å². The topological polar surface area (TPSA) is 58.2 Å². The summed E-state index contributed by atoms with van der Waals surface area (Å²) in [6.07, 6.45) is 6.37. The van der Waals surface area contributed by atoms with E-state index in [1.165, 1.54) is 18.4 Å². The quantitative estimate of drug-likeness (QED) is 0.896. The molecule has 0 aromatic heterocycles. The van der Waals surface area contributed by atoms with Crippen LogP contribution in [0.4, 0.5) is 5.69 Å². The standard InChI is InChI=1S/C19H26N2O2/c1-13-6-9-16(10-7-13)20-18(22)11-8-15-12-14-4-2-3-5-17(14)21-19(15)23/h2-5,13,15-16H,6-12H2,1H3,(H,20,22)(H,21,23). The number of amides is 2. The molecule has 1 heterocycles. The van der Waals surface area contributed by atoms with Gasteiger partial charge in [-0.1, -0.05) is 25.1 Å². The van der Waals surface area contributed by atoms with Crippen molar-refractivity contribution in [3.63, 3.8) is 0 Å². The summed E-state index contributed by atoms with van der Waals surface area (Å²) in [6, 6.07) is 8.23. The Morgan fingerprint density at radius 1 is 1.22 bits per heavy atom. The van der Waals surface area contributed by atoms with Crippen LogP contribution in [0.2, 0.25) is 0 Å². The summed E-state index contributed by atoms with van der Waals surface area (Å²) in [4.78, 5) is 24.3. The fourth-order valence-electron chi connectivity index (χ4n) is 3.66. The molecular formula is C19H26N2O2. The Kier molecular flexibility index (Phi) is 4.99. The van der Waals surface area contributed by atoms with Gasteiger partial charge in [-0.05, 0) is 56.1 Å². The van der Waals surface area contributed by atoms with Crippen molar-refractivity contribution in [2.75, 3.05) is 5.32 Å². The monoisotopic (exact) mass is 314 g/mol. The summed E-state index contributed by atoms with van der Waals surface area (Å²) in [5.41, 5.74) is 2.08. The van der Waals surface area contributed by atoms with Crippen LogP contribution in [-0.2, 0) is 16.0 Å². The van der Waals surface area contributed by atoms with Crippen LogP contribution < -0.4 is 10.6 Å². The molecule has 0 spiro atoms. The highest BCUT2D eigenvalue weighted by molar-refractivity contribution is 5.96. The lowest BCUT2D eigenvalue weighted by Gasteiger charge is -2.27. The third kappa shape index (κ3) is 4.12. The highest BCUT2D eigenvalue weighted by Gasteiger charge is 2.27. The number of anilines is 1. The maximum Gasteiger partial charge on any atom is 0.227 e. The molecule has 1 aliphatic carbocycles. The molecule has 2 N–H and O–H groups in total. The highest BCUT2D eigenvalue weighted by atomic mass is 16.2. The van der Waals surface area contributed by atoms with Crippen LogP contribution in [0.5, 0.6) is 0 Å². The van der Waals surface area contributed by atoms with E-state index < -0.39 is 0 Å². The van der Waals surface area contributed by atoms with Gasteiger partial charge in [0, 0.05) is 24.1 Å². The second-order valence-corrected chi connectivity index (χ2v) is 7.11. The average Bonchev–Trinajstić information content (AvgIpc) is 2.55. The molecule has 2 aliphatic rings. The first-order valence-corrected chi connectivity index (χ1v) is 8.80. The highest BCUT2D eigenvalue weighted by Crippen LogP contribution is 2.28. The Balaban J connectivity index is 1.47. The summed E-state index contributed by atoms with van der Waals surface area (Å²) >= 11 is 0. The first kappa shape index (κ1) is 16.0. The zero-order valence-corrected chi connectivity index (χ0v) is 13.8. The lowest BCUT2D eigenvalue weighted by Crippen LogP contribution is -2.38. The van der Waals surface area contributed by atoms with E-state index in [0.717, 1.165) is 30.9 Å². The van der Waals surface area contributed by atoms with E-state index in [2.05, 4.69) is 17.6 Å². The molecule has 4 nitrogen and oxygen atoms in total. The van der Waals surface area contributed by atoms with Gasteiger partial charge in [0.25, 0.3) is 0 Å². The van der Waals surface area contributed by atoms with Gasteiger partial charge in [0.2, 0.25) is 11.8 Å². The van der Waals surface area contributed by atoms with Crippen molar-refractivity contribution in [3.8, 4) is 0 Å². The van der Waals surface area contributed by atoms with Gasteiger partial charge in [0.1, 0.15) is 0 Å². The van der Waals surface area contributed by atoms with Crippen molar-refractivity contribution >= 4 is 17.5 Å². The van der Waals surface area contributed by atoms with E-state index in [-0.39, 0.29) is 17.7 Å². The Hall–Kier alpha value is -1.84. The van der Waals surface area contributed by atoms with Gasteiger partial charge in [0.05, 0.1) is 0 Å². The molecule has 23 heavy (non-hydrogen) atoms. The summed E-state index contributed by atoms with van der Waals surface area (Å²) in [5.74, 6) is 0.829. The van der Waals surface area contributed by atoms with Crippen LogP contribution in [-0.4, -0.2) is 17.9 Å². The minimum absolute atomic E-state index is 0.0444. The number of rotatable bonds is 4. The van der Waals surface area contributed by atoms with Gasteiger partial charge >= 0.3 is 0 Å². The molecule has 1 aliphatic heterocycles. The maximum atomic E-state index is 12.2. The number of para-hydroxylation sites is 1. The largest absolute Gasteiger partial charge is 0.353 e. The Morgan fingerprint density at radius 2 is 1.96 bits per heavy atom.